The van der Waals surface area contributed by atoms with Gasteiger partial charge < -0.3 is 5.32 Å². The van der Waals surface area contributed by atoms with Crippen molar-refractivity contribution in [1.29, 1.82) is 0 Å². The summed E-state index contributed by atoms with van der Waals surface area (Å²) in [6.07, 6.45) is 3.94. The normalized spacial score (nSPS) is 16.5. The molecule has 0 radical (unpaired) electrons. The average molecular weight is 294 g/mol. The topological polar surface area (TPSA) is 15.3 Å². The Kier molecular flexibility index (Phi) is 4.91. The van der Waals surface area contributed by atoms with Gasteiger partial charge in [-0.2, -0.15) is 0 Å². The van der Waals surface area contributed by atoms with Crippen LogP contribution in [0.15, 0.2) is 60.7 Å². The highest BCUT2D eigenvalue weighted by atomic mass is 15.2. The van der Waals surface area contributed by atoms with Crippen molar-refractivity contribution in [3.63, 3.8) is 0 Å². The summed E-state index contributed by atoms with van der Waals surface area (Å²) in [5.41, 5.74) is 3.11. The highest BCUT2D eigenvalue weighted by Crippen LogP contribution is 2.33. The van der Waals surface area contributed by atoms with Gasteiger partial charge in [0, 0.05) is 25.2 Å². The van der Waals surface area contributed by atoms with Gasteiger partial charge in [0.2, 0.25) is 0 Å². The van der Waals surface area contributed by atoms with Gasteiger partial charge in [0.05, 0.1) is 0 Å². The molecule has 1 saturated carbocycles. The first-order valence-electron chi connectivity index (χ1n) is 8.29. The lowest BCUT2D eigenvalue weighted by atomic mass is 9.76. The van der Waals surface area contributed by atoms with Crippen molar-refractivity contribution in [2.75, 3.05) is 13.6 Å². The predicted octanol–water partition coefficient (Wildman–Crippen LogP) is 3.83. The number of rotatable bonds is 7. The van der Waals surface area contributed by atoms with E-state index in [1.807, 2.05) is 0 Å². The summed E-state index contributed by atoms with van der Waals surface area (Å²) in [7, 11) is 2.11. The Morgan fingerprint density at radius 3 is 1.73 bits per heavy atom. The SMILES string of the molecule is CNC1(CN(Cc2ccccc2)Cc2ccccc2)CCC1. The molecule has 1 aliphatic rings. The fourth-order valence-corrected chi connectivity index (χ4v) is 3.37. The van der Waals surface area contributed by atoms with Gasteiger partial charge in [-0.15, -0.1) is 0 Å². The van der Waals surface area contributed by atoms with Crippen LogP contribution in [0.2, 0.25) is 0 Å². The van der Waals surface area contributed by atoms with Crippen LogP contribution in [0.1, 0.15) is 30.4 Å². The van der Waals surface area contributed by atoms with Crippen molar-refractivity contribution in [1.82, 2.24) is 10.2 Å². The average Bonchev–Trinajstić information content (AvgIpc) is 2.53. The fraction of sp³-hybridized carbons (Fsp3) is 0.400. The van der Waals surface area contributed by atoms with Crippen LogP contribution >= 0.6 is 0 Å². The molecule has 0 bridgehead atoms. The first kappa shape index (κ1) is 15.3. The minimum atomic E-state index is 0.323. The number of hydrogen-bond donors (Lipinski definition) is 1. The van der Waals surface area contributed by atoms with Crippen molar-refractivity contribution >= 4 is 0 Å². The van der Waals surface area contributed by atoms with Crippen LogP contribution < -0.4 is 5.32 Å². The largest absolute Gasteiger partial charge is 0.313 e. The van der Waals surface area contributed by atoms with Gasteiger partial charge in [0.1, 0.15) is 0 Å². The predicted molar refractivity (Wildman–Crippen MR) is 92.6 cm³/mol. The summed E-state index contributed by atoms with van der Waals surface area (Å²) in [5, 5.41) is 3.58. The third-order valence-electron chi connectivity index (χ3n) is 4.87. The Bertz CT molecular complexity index is 514. The Morgan fingerprint density at radius 1 is 0.864 bits per heavy atom. The molecule has 0 unspecified atom stereocenters. The molecule has 3 rings (SSSR count). The summed E-state index contributed by atoms with van der Waals surface area (Å²) >= 11 is 0. The monoisotopic (exact) mass is 294 g/mol. The number of nitrogens with one attached hydrogen (secondary N) is 1. The maximum Gasteiger partial charge on any atom is 0.0306 e. The molecule has 1 fully saturated rings. The Labute approximate surface area is 134 Å². The van der Waals surface area contributed by atoms with E-state index in [9.17, 15) is 0 Å². The maximum atomic E-state index is 3.58. The van der Waals surface area contributed by atoms with Crippen LogP contribution in [-0.2, 0) is 13.1 Å². The molecule has 0 heterocycles. The zero-order valence-corrected chi connectivity index (χ0v) is 13.5. The molecule has 0 spiro atoms. The molecule has 1 N–H and O–H groups in total. The van der Waals surface area contributed by atoms with E-state index in [-0.39, 0.29) is 0 Å². The molecule has 22 heavy (non-hydrogen) atoms. The number of likely N-dealkylation sites (N-methyl/N-ethyl adjacent to an activating group) is 1. The summed E-state index contributed by atoms with van der Waals surface area (Å²) < 4.78 is 0. The zero-order valence-electron chi connectivity index (χ0n) is 13.5. The minimum Gasteiger partial charge on any atom is -0.313 e. The molecule has 2 nitrogen and oxygen atoms in total. The van der Waals surface area contributed by atoms with Crippen molar-refractivity contribution in [3.8, 4) is 0 Å². The van der Waals surface area contributed by atoms with E-state index in [4.69, 9.17) is 0 Å². The Morgan fingerprint density at radius 2 is 1.36 bits per heavy atom. The molecule has 0 saturated heterocycles. The van der Waals surface area contributed by atoms with E-state index in [2.05, 4.69) is 77.9 Å². The summed E-state index contributed by atoms with van der Waals surface area (Å²) in [6.45, 7) is 3.14. The summed E-state index contributed by atoms with van der Waals surface area (Å²) in [6, 6.07) is 21.6. The highest BCUT2D eigenvalue weighted by molar-refractivity contribution is 5.17. The summed E-state index contributed by atoms with van der Waals surface area (Å²) in [5.74, 6) is 0. The van der Waals surface area contributed by atoms with E-state index in [1.165, 1.54) is 30.4 Å². The molecule has 0 amide bonds. The van der Waals surface area contributed by atoms with Crippen LogP contribution in [0, 0.1) is 0 Å². The number of benzene rings is 2. The quantitative estimate of drug-likeness (QED) is 0.835. The van der Waals surface area contributed by atoms with Crippen LogP contribution in [0.3, 0.4) is 0 Å². The lowest BCUT2D eigenvalue weighted by Gasteiger charge is -2.45. The molecule has 2 heteroatoms. The van der Waals surface area contributed by atoms with Crippen molar-refractivity contribution in [2.24, 2.45) is 0 Å². The maximum absolute atomic E-state index is 3.58. The molecular formula is C20H26N2. The van der Waals surface area contributed by atoms with Gasteiger partial charge in [0.15, 0.2) is 0 Å². The zero-order chi connectivity index (χ0) is 15.3. The second-order valence-corrected chi connectivity index (χ2v) is 6.50. The standard InChI is InChI=1S/C20H26N2/c1-21-20(13-8-14-20)17-22(15-18-9-4-2-5-10-18)16-19-11-6-3-7-12-19/h2-7,9-12,21H,8,13-17H2,1H3. The van der Waals surface area contributed by atoms with Crippen molar-refractivity contribution in [2.45, 2.75) is 37.9 Å². The van der Waals surface area contributed by atoms with Gasteiger partial charge >= 0.3 is 0 Å². The second kappa shape index (κ2) is 7.08. The van der Waals surface area contributed by atoms with Crippen LogP contribution in [-0.4, -0.2) is 24.0 Å². The van der Waals surface area contributed by atoms with Gasteiger partial charge in [-0.05, 0) is 37.4 Å². The second-order valence-electron chi connectivity index (χ2n) is 6.50. The van der Waals surface area contributed by atoms with Gasteiger partial charge in [-0.1, -0.05) is 60.7 Å². The molecule has 0 aliphatic heterocycles. The van der Waals surface area contributed by atoms with Crippen molar-refractivity contribution < 1.29 is 0 Å². The van der Waals surface area contributed by atoms with Crippen molar-refractivity contribution in [3.05, 3.63) is 71.8 Å². The van der Waals surface area contributed by atoms with Crippen LogP contribution in [0.25, 0.3) is 0 Å². The first-order chi connectivity index (χ1) is 10.8. The van der Waals surface area contributed by atoms with E-state index >= 15 is 0 Å². The fourth-order valence-electron chi connectivity index (χ4n) is 3.37. The Hall–Kier alpha value is -1.64. The smallest absolute Gasteiger partial charge is 0.0306 e. The Balaban J connectivity index is 1.72. The third-order valence-corrected chi connectivity index (χ3v) is 4.87. The molecule has 1 aliphatic carbocycles. The number of nitrogens with zero attached hydrogens (tertiary/aromatic N) is 1. The van der Waals surface area contributed by atoms with E-state index in [0.717, 1.165) is 19.6 Å². The minimum absolute atomic E-state index is 0.323. The van der Waals surface area contributed by atoms with E-state index in [1.54, 1.807) is 0 Å². The third kappa shape index (κ3) is 3.76. The lowest BCUT2D eigenvalue weighted by Crippen LogP contribution is -2.56. The van der Waals surface area contributed by atoms with Crippen LogP contribution in [0.4, 0.5) is 0 Å². The van der Waals surface area contributed by atoms with Gasteiger partial charge in [-0.3, -0.25) is 4.90 Å². The molecule has 0 aromatic heterocycles. The molecular weight excluding hydrogens is 268 g/mol. The number of hydrogen-bond acceptors (Lipinski definition) is 2. The van der Waals surface area contributed by atoms with E-state index < -0.39 is 0 Å². The molecule has 2 aromatic carbocycles. The lowest BCUT2D eigenvalue weighted by molar-refractivity contribution is 0.107. The van der Waals surface area contributed by atoms with E-state index in [0.29, 0.717) is 5.54 Å². The highest BCUT2D eigenvalue weighted by Gasteiger charge is 2.36. The first-order valence-corrected chi connectivity index (χ1v) is 8.29. The van der Waals surface area contributed by atoms with Gasteiger partial charge in [0.25, 0.3) is 0 Å². The molecule has 2 aromatic rings. The summed E-state index contributed by atoms with van der Waals surface area (Å²) in [4.78, 5) is 2.58. The molecule has 0 atom stereocenters. The van der Waals surface area contributed by atoms with Crippen LogP contribution in [0.5, 0.6) is 0 Å². The van der Waals surface area contributed by atoms with Gasteiger partial charge in [-0.25, -0.2) is 0 Å². The molecule has 116 valence electrons.